The molecular weight excluding hydrogens is 266 g/mol. The third-order valence-electron chi connectivity index (χ3n) is 2.93. The summed E-state index contributed by atoms with van der Waals surface area (Å²) in [5, 5.41) is 0.996. The zero-order chi connectivity index (χ0) is 12.5. The molecule has 0 saturated heterocycles. The van der Waals surface area contributed by atoms with Gasteiger partial charge in [0.2, 0.25) is 0 Å². The first-order valence-electron chi connectivity index (χ1n) is 5.55. The fraction of sp³-hybridized carbons (Fsp3) is 0.0714. The fourth-order valence-electron chi connectivity index (χ4n) is 2.09. The minimum absolute atomic E-state index is 0.732. The Morgan fingerprint density at radius 3 is 2.83 bits per heavy atom. The third-order valence-corrected chi connectivity index (χ3v) is 4.15. The zero-order valence-corrected chi connectivity index (χ0v) is 11.0. The van der Waals surface area contributed by atoms with Crippen molar-refractivity contribution >= 4 is 40.1 Å². The van der Waals surface area contributed by atoms with Gasteiger partial charge in [-0.2, -0.15) is 0 Å². The predicted molar refractivity (Wildman–Crippen MR) is 75.8 cm³/mol. The van der Waals surface area contributed by atoms with Crippen molar-refractivity contribution in [1.29, 1.82) is 0 Å². The van der Waals surface area contributed by atoms with E-state index in [2.05, 4.69) is 4.57 Å². The molecule has 18 heavy (non-hydrogen) atoms. The highest BCUT2D eigenvalue weighted by Gasteiger charge is 2.06. The molecule has 2 nitrogen and oxygen atoms in total. The number of aromatic nitrogens is 1. The summed E-state index contributed by atoms with van der Waals surface area (Å²) in [7, 11) is 0. The van der Waals surface area contributed by atoms with Gasteiger partial charge in [0.1, 0.15) is 0 Å². The summed E-state index contributed by atoms with van der Waals surface area (Å²) in [6.45, 7) is 0.781. The number of fused-ring (bicyclic) bond motifs is 1. The van der Waals surface area contributed by atoms with Crippen LogP contribution in [0, 0.1) is 0 Å². The predicted octanol–water partition coefficient (Wildman–Crippen LogP) is 4.22. The monoisotopic (exact) mass is 275 g/mol. The van der Waals surface area contributed by atoms with Crippen LogP contribution in [0.25, 0.3) is 10.9 Å². The Labute approximate surface area is 113 Å². The lowest BCUT2D eigenvalue weighted by Gasteiger charge is -2.03. The standard InChI is InChI=1S/C14H10ClNOS/c15-14-5-4-11(18-14)8-16-7-6-12-10(9-17)2-1-3-13(12)16/h1-7,9H,8H2. The molecule has 0 N–H and O–H groups in total. The van der Waals surface area contributed by atoms with Crippen LogP contribution < -0.4 is 0 Å². The van der Waals surface area contributed by atoms with Crippen LogP contribution in [0.5, 0.6) is 0 Å². The lowest BCUT2D eigenvalue weighted by Crippen LogP contribution is -1.95. The maximum atomic E-state index is 11.0. The number of nitrogens with zero attached hydrogens (tertiary/aromatic N) is 1. The molecule has 90 valence electrons. The number of rotatable bonds is 3. The van der Waals surface area contributed by atoms with E-state index in [1.54, 1.807) is 11.3 Å². The number of hydrogen-bond donors (Lipinski definition) is 0. The second kappa shape index (κ2) is 4.59. The van der Waals surface area contributed by atoms with Crippen LogP contribution in [0.3, 0.4) is 0 Å². The Morgan fingerprint density at radius 1 is 1.22 bits per heavy atom. The van der Waals surface area contributed by atoms with Crippen LogP contribution in [-0.4, -0.2) is 10.9 Å². The minimum atomic E-state index is 0.732. The Balaban J connectivity index is 2.05. The van der Waals surface area contributed by atoms with Crippen LogP contribution in [0.15, 0.2) is 42.6 Å². The lowest BCUT2D eigenvalue weighted by molar-refractivity contribution is 0.112. The molecule has 0 unspecified atom stereocenters. The smallest absolute Gasteiger partial charge is 0.150 e. The average molecular weight is 276 g/mol. The first-order valence-corrected chi connectivity index (χ1v) is 6.74. The average Bonchev–Trinajstić information content (AvgIpc) is 2.97. The second-order valence-electron chi connectivity index (χ2n) is 4.05. The first kappa shape index (κ1) is 11.5. The van der Waals surface area contributed by atoms with E-state index < -0.39 is 0 Å². The van der Waals surface area contributed by atoms with Crippen molar-refractivity contribution in [3.63, 3.8) is 0 Å². The number of carbonyl (C=O) groups is 1. The zero-order valence-electron chi connectivity index (χ0n) is 9.47. The molecule has 0 aliphatic heterocycles. The highest BCUT2D eigenvalue weighted by molar-refractivity contribution is 7.16. The topological polar surface area (TPSA) is 22.0 Å². The normalized spacial score (nSPS) is 10.9. The molecule has 0 radical (unpaired) electrons. The highest BCUT2D eigenvalue weighted by atomic mass is 35.5. The summed E-state index contributed by atoms with van der Waals surface area (Å²) in [6, 6.07) is 11.7. The Kier molecular flexibility index (Phi) is 2.94. The van der Waals surface area contributed by atoms with E-state index in [4.69, 9.17) is 11.6 Å². The van der Waals surface area contributed by atoms with Crippen LogP contribution in [0.1, 0.15) is 15.2 Å². The van der Waals surface area contributed by atoms with Gasteiger partial charge in [0.15, 0.2) is 6.29 Å². The Bertz CT molecular complexity index is 713. The van der Waals surface area contributed by atoms with Crippen LogP contribution in [-0.2, 0) is 6.54 Å². The Hall–Kier alpha value is -1.58. The summed E-state index contributed by atoms with van der Waals surface area (Å²) in [4.78, 5) is 12.2. The fourth-order valence-corrected chi connectivity index (χ4v) is 3.18. The van der Waals surface area contributed by atoms with Gasteiger partial charge in [-0.05, 0) is 24.3 Å². The summed E-state index contributed by atoms with van der Waals surface area (Å²) in [5.41, 5.74) is 1.81. The highest BCUT2D eigenvalue weighted by Crippen LogP contribution is 2.25. The largest absolute Gasteiger partial charge is 0.342 e. The molecule has 3 aromatic rings. The van der Waals surface area contributed by atoms with Crippen molar-refractivity contribution in [1.82, 2.24) is 4.57 Å². The minimum Gasteiger partial charge on any atom is -0.342 e. The van der Waals surface area contributed by atoms with Gasteiger partial charge in [-0.15, -0.1) is 11.3 Å². The molecule has 0 spiro atoms. The SMILES string of the molecule is O=Cc1cccc2c1ccn2Cc1ccc(Cl)s1. The van der Waals surface area contributed by atoms with Crippen molar-refractivity contribution < 1.29 is 4.79 Å². The van der Waals surface area contributed by atoms with Gasteiger partial charge in [0.25, 0.3) is 0 Å². The van der Waals surface area contributed by atoms with Gasteiger partial charge in [0.05, 0.1) is 10.9 Å². The molecule has 0 fully saturated rings. The first-order chi connectivity index (χ1) is 8.78. The molecule has 2 heterocycles. The van der Waals surface area contributed by atoms with Crippen molar-refractivity contribution in [3.05, 3.63) is 57.4 Å². The van der Waals surface area contributed by atoms with Crippen molar-refractivity contribution in [2.75, 3.05) is 0 Å². The van der Waals surface area contributed by atoms with Crippen molar-refractivity contribution in [2.24, 2.45) is 0 Å². The number of carbonyl (C=O) groups excluding carboxylic acids is 1. The number of aldehydes is 1. The maximum absolute atomic E-state index is 11.0. The van der Waals surface area contributed by atoms with Gasteiger partial charge in [-0.1, -0.05) is 23.7 Å². The van der Waals surface area contributed by atoms with Gasteiger partial charge >= 0.3 is 0 Å². The molecule has 3 rings (SSSR count). The molecule has 1 aromatic carbocycles. The van der Waals surface area contributed by atoms with Crippen LogP contribution >= 0.6 is 22.9 Å². The summed E-state index contributed by atoms with van der Waals surface area (Å²) in [6.07, 6.45) is 2.90. The van der Waals surface area contributed by atoms with Gasteiger partial charge in [-0.25, -0.2) is 0 Å². The lowest BCUT2D eigenvalue weighted by atomic mass is 10.1. The molecule has 0 aliphatic carbocycles. The van der Waals surface area contributed by atoms with E-state index in [9.17, 15) is 4.79 Å². The number of hydrogen-bond acceptors (Lipinski definition) is 2. The molecule has 0 amide bonds. The van der Waals surface area contributed by atoms with E-state index in [1.165, 1.54) is 4.88 Å². The van der Waals surface area contributed by atoms with Gasteiger partial charge in [-0.3, -0.25) is 4.79 Å². The van der Waals surface area contributed by atoms with Crippen LogP contribution in [0.2, 0.25) is 4.34 Å². The number of thiophene rings is 1. The molecule has 0 atom stereocenters. The molecule has 0 bridgehead atoms. The number of benzene rings is 1. The summed E-state index contributed by atoms with van der Waals surface area (Å²) in [5.74, 6) is 0. The van der Waals surface area contributed by atoms with Gasteiger partial charge in [0, 0.05) is 27.5 Å². The molecule has 2 aromatic heterocycles. The van der Waals surface area contributed by atoms with Crippen LogP contribution in [0.4, 0.5) is 0 Å². The van der Waals surface area contributed by atoms with E-state index in [1.807, 2.05) is 42.6 Å². The molecular formula is C14H10ClNOS. The summed E-state index contributed by atoms with van der Waals surface area (Å²) < 4.78 is 2.93. The van der Waals surface area contributed by atoms with E-state index in [-0.39, 0.29) is 0 Å². The molecule has 4 heteroatoms. The molecule has 0 aliphatic rings. The van der Waals surface area contributed by atoms with E-state index in [0.717, 1.165) is 33.6 Å². The quantitative estimate of drug-likeness (QED) is 0.656. The van der Waals surface area contributed by atoms with E-state index >= 15 is 0 Å². The van der Waals surface area contributed by atoms with Crippen molar-refractivity contribution in [3.8, 4) is 0 Å². The Morgan fingerprint density at radius 2 is 2.11 bits per heavy atom. The number of halogens is 1. The van der Waals surface area contributed by atoms with E-state index in [0.29, 0.717) is 0 Å². The maximum Gasteiger partial charge on any atom is 0.150 e. The second-order valence-corrected chi connectivity index (χ2v) is 5.85. The third kappa shape index (κ3) is 1.96. The van der Waals surface area contributed by atoms with Gasteiger partial charge < -0.3 is 4.57 Å². The van der Waals surface area contributed by atoms with Crippen molar-refractivity contribution in [2.45, 2.75) is 6.54 Å². The summed E-state index contributed by atoms with van der Waals surface area (Å²) >= 11 is 7.51. The molecule has 0 saturated carbocycles.